The normalized spacial score (nSPS) is 21.5. The maximum Gasteiger partial charge on any atom is 0.319 e. The van der Waals surface area contributed by atoms with Crippen LogP contribution in [0.5, 0.6) is 5.75 Å². The molecule has 122 valence electrons. The topological polar surface area (TPSA) is 50.4 Å². The van der Waals surface area contributed by atoms with E-state index in [2.05, 4.69) is 17.6 Å². The molecule has 4 nitrogen and oxygen atoms in total. The van der Waals surface area contributed by atoms with Gasteiger partial charge in [-0.1, -0.05) is 6.92 Å². The number of rotatable bonds is 4. The monoisotopic (exact) mass is 308 g/mol. The molecule has 2 rings (SSSR count). The molecule has 1 aromatic rings. The standard InChI is InChI=1S/C17H25FN2O2/c1-11(2)22-16-9-6-13(18)10-15(16)20-17(21)19-14-7-4-12(3)5-8-14/h6,9-12,14H,4-5,7-8H2,1-3H3,(H2,19,20,21). The van der Waals surface area contributed by atoms with Gasteiger partial charge < -0.3 is 15.4 Å². The molecule has 1 saturated carbocycles. The van der Waals surface area contributed by atoms with Crippen molar-refractivity contribution in [2.45, 2.75) is 58.6 Å². The van der Waals surface area contributed by atoms with Gasteiger partial charge in [-0.25, -0.2) is 9.18 Å². The lowest BCUT2D eigenvalue weighted by Crippen LogP contribution is -2.40. The number of amides is 2. The molecule has 1 fully saturated rings. The number of carbonyl (C=O) groups is 1. The molecule has 0 bridgehead atoms. The van der Waals surface area contributed by atoms with Gasteiger partial charge in [-0.3, -0.25) is 0 Å². The summed E-state index contributed by atoms with van der Waals surface area (Å²) < 4.78 is 19.0. The lowest BCUT2D eigenvalue weighted by molar-refractivity contribution is 0.236. The molecule has 2 amide bonds. The summed E-state index contributed by atoms with van der Waals surface area (Å²) in [5.74, 6) is 0.803. The van der Waals surface area contributed by atoms with Crippen molar-refractivity contribution in [3.63, 3.8) is 0 Å². The van der Waals surface area contributed by atoms with E-state index in [4.69, 9.17) is 4.74 Å². The summed E-state index contributed by atoms with van der Waals surface area (Å²) in [5.41, 5.74) is 0.357. The van der Waals surface area contributed by atoms with Gasteiger partial charge in [0.2, 0.25) is 0 Å². The number of urea groups is 1. The van der Waals surface area contributed by atoms with Crippen LogP contribution in [0, 0.1) is 11.7 Å². The lowest BCUT2D eigenvalue weighted by Gasteiger charge is -2.27. The number of carbonyl (C=O) groups excluding carboxylic acids is 1. The molecule has 0 unspecified atom stereocenters. The van der Waals surface area contributed by atoms with Crippen LogP contribution in [-0.2, 0) is 0 Å². The number of benzene rings is 1. The molecule has 1 aliphatic rings. The first kappa shape index (κ1) is 16.6. The number of hydrogen-bond acceptors (Lipinski definition) is 2. The van der Waals surface area contributed by atoms with Crippen LogP contribution in [0.25, 0.3) is 0 Å². The van der Waals surface area contributed by atoms with Crippen LogP contribution in [0.1, 0.15) is 46.5 Å². The first-order valence-electron chi connectivity index (χ1n) is 7.97. The van der Waals surface area contributed by atoms with Crippen LogP contribution in [0.15, 0.2) is 18.2 Å². The van der Waals surface area contributed by atoms with E-state index in [1.165, 1.54) is 18.2 Å². The average molecular weight is 308 g/mol. The van der Waals surface area contributed by atoms with E-state index in [1.807, 2.05) is 13.8 Å². The molecule has 0 radical (unpaired) electrons. The Labute approximate surface area is 131 Å². The molecule has 0 aromatic heterocycles. The third-order valence-electron chi connectivity index (χ3n) is 3.90. The Hall–Kier alpha value is -1.78. The minimum Gasteiger partial charge on any atom is -0.489 e. The molecule has 2 N–H and O–H groups in total. The largest absolute Gasteiger partial charge is 0.489 e. The molecule has 0 heterocycles. The van der Waals surface area contributed by atoms with E-state index >= 15 is 0 Å². The second-order valence-corrected chi connectivity index (χ2v) is 6.36. The third kappa shape index (κ3) is 4.90. The molecular weight excluding hydrogens is 283 g/mol. The molecule has 0 aliphatic heterocycles. The van der Waals surface area contributed by atoms with Crippen LogP contribution < -0.4 is 15.4 Å². The van der Waals surface area contributed by atoms with Crippen molar-refractivity contribution in [1.29, 1.82) is 0 Å². The summed E-state index contributed by atoms with van der Waals surface area (Å²) in [4.78, 5) is 12.1. The summed E-state index contributed by atoms with van der Waals surface area (Å²) in [7, 11) is 0. The van der Waals surface area contributed by atoms with Crippen LogP contribution in [0.4, 0.5) is 14.9 Å². The minimum absolute atomic E-state index is 0.0473. The van der Waals surface area contributed by atoms with E-state index in [1.54, 1.807) is 0 Å². The Bertz CT molecular complexity index is 511. The van der Waals surface area contributed by atoms with Gasteiger partial charge in [0, 0.05) is 12.1 Å². The Morgan fingerprint density at radius 1 is 1.27 bits per heavy atom. The van der Waals surface area contributed by atoms with E-state index < -0.39 is 5.82 Å². The van der Waals surface area contributed by atoms with Gasteiger partial charge in [0.25, 0.3) is 0 Å². The summed E-state index contributed by atoms with van der Waals surface area (Å²) in [6, 6.07) is 4.02. The molecule has 1 aromatic carbocycles. The molecule has 5 heteroatoms. The van der Waals surface area contributed by atoms with Gasteiger partial charge >= 0.3 is 6.03 Å². The van der Waals surface area contributed by atoms with Crippen LogP contribution >= 0.6 is 0 Å². The Balaban J connectivity index is 1.97. The van der Waals surface area contributed by atoms with E-state index in [-0.39, 0.29) is 18.2 Å². The summed E-state index contributed by atoms with van der Waals surface area (Å²) in [6.07, 6.45) is 4.20. The van der Waals surface area contributed by atoms with Gasteiger partial charge in [0.05, 0.1) is 11.8 Å². The molecule has 22 heavy (non-hydrogen) atoms. The number of halogens is 1. The third-order valence-corrected chi connectivity index (χ3v) is 3.90. The molecular formula is C17H25FN2O2. The van der Waals surface area contributed by atoms with Crippen molar-refractivity contribution < 1.29 is 13.9 Å². The molecule has 0 atom stereocenters. The summed E-state index contributed by atoms with van der Waals surface area (Å²) >= 11 is 0. The lowest BCUT2D eigenvalue weighted by atomic mass is 9.87. The zero-order chi connectivity index (χ0) is 16.1. The quantitative estimate of drug-likeness (QED) is 0.870. The number of ether oxygens (including phenoxy) is 1. The molecule has 0 saturated heterocycles. The second kappa shape index (κ2) is 7.47. The molecule has 0 spiro atoms. The fourth-order valence-electron chi connectivity index (χ4n) is 2.70. The van der Waals surface area contributed by atoms with Crippen molar-refractivity contribution in [3.05, 3.63) is 24.0 Å². The van der Waals surface area contributed by atoms with E-state index in [0.717, 1.165) is 31.6 Å². The zero-order valence-electron chi connectivity index (χ0n) is 13.5. The maximum absolute atomic E-state index is 13.4. The van der Waals surface area contributed by atoms with Gasteiger partial charge in [-0.2, -0.15) is 0 Å². The fourth-order valence-corrected chi connectivity index (χ4v) is 2.70. The zero-order valence-corrected chi connectivity index (χ0v) is 13.5. The summed E-state index contributed by atoms with van der Waals surface area (Å²) in [5, 5.41) is 5.66. The maximum atomic E-state index is 13.4. The highest BCUT2D eigenvalue weighted by Crippen LogP contribution is 2.27. The van der Waals surface area contributed by atoms with Crippen LogP contribution in [0.3, 0.4) is 0 Å². The first-order valence-corrected chi connectivity index (χ1v) is 7.97. The SMILES string of the molecule is CC1CCC(NC(=O)Nc2cc(F)ccc2OC(C)C)CC1. The van der Waals surface area contributed by atoms with Crippen molar-refractivity contribution in [1.82, 2.24) is 5.32 Å². The Morgan fingerprint density at radius 3 is 2.59 bits per heavy atom. The predicted molar refractivity (Wildman–Crippen MR) is 85.7 cm³/mol. The second-order valence-electron chi connectivity index (χ2n) is 6.36. The molecule has 1 aliphatic carbocycles. The first-order chi connectivity index (χ1) is 10.4. The van der Waals surface area contributed by atoms with Crippen molar-refractivity contribution >= 4 is 11.7 Å². The van der Waals surface area contributed by atoms with Crippen LogP contribution in [0.2, 0.25) is 0 Å². The smallest absolute Gasteiger partial charge is 0.319 e. The summed E-state index contributed by atoms with van der Waals surface area (Å²) in [6.45, 7) is 6.01. The highest BCUT2D eigenvalue weighted by molar-refractivity contribution is 5.91. The number of nitrogens with one attached hydrogen (secondary N) is 2. The Kier molecular flexibility index (Phi) is 5.63. The Morgan fingerprint density at radius 2 is 1.95 bits per heavy atom. The number of hydrogen-bond donors (Lipinski definition) is 2. The highest BCUT2D eigenvalue weighted by atomic mass is 19.1. The van der Waals surface area contributed by atoms with Gasteiger partial charge in [0.15, 0.2) is 0 Å². The van der Waals surface area contributed by atoms with Crippen molar-refractivity contribution in [3.8, 4) is 5.75 Å². The van der Waals surface area contributed by atoms with Crippen LogP contribution in [-0.4, -0.2) is 18.2 Å². The van der Waals surface area contributed by atoms with E-state index in [9.17, 15) is 9.18 Å². The van der Waals surface area contributed by atoms with Gasteiger partial charge in [0.1, 0.15) is 11.6 Å². The highest BCUT2D eigenvalue weighted by Gasteiger charge is 2.20. The van der Waals surface area contributed by atoms with Crippen molar-refractivity contribution in [2.24, 2.45) is 5.92 Å². The van der Waals surface area contributed by atoms with Gasteiger partial charge in [-0.05, 0) is 57.6 Å². The van der Waals surface area contributed by atoms with Gasteiger partial charge in [-0.15, -0.1) is 0 Å². The minimum atomic E-state index is -0.405. The predicted octanol–water partition coefficient (Wildman–Crippen LogP) is 4.31. The van der Waals surface area contributed by atoms with E-state index in [0.29, 0.717) is 11.4 Å². The average Bonchev–Trinajstić information content (AvgIpc) is 2.44. The van der Waals surface area contributed by atoms with Crippen molar-refractivity contribution in [2.75, 3.05) is 5.32 Å². The number of anilines is 1. The fraction of sp³-hybridized carbons (Fsp3) is 0.588.